The predicted molar refractivity (Wildman–Crippen MR) is 241 cm³/mol. The van der Waals surface area contributed by atoms with Crippen LogP contribution in [0.2, 0.25) is 0 Å². The summed E-state index contributed by atoms with van der Waals surface area (Å²) in [6, 6.07) is 23.5. The average molecular weight is 963 g/mol. The van der Waals surface area contributed by atoms with E-state index in [-0.39, 0.29) is 47.9 Å². The SMILES string of the molecule is CCC(C)(CC)C(=O)/C=C(\O)C(C)(CC)CC.Cc1sc2nc(-c3[c-]c4ccccc4c(C(C)(C)C)c3)cc(-c3ccc4oc(CC(C)C)c(C)c4c3)c2c1C.[Ir]. The fourth-order valence-corrected chi connectivity index (χ4v) is 8.45. The van der Waals surface area contributed by atoms with E-state index >= 15 is 0 Å². The van der Waals surface area contributed by atoms with E-state index in [1.165, 1.54) is 54.9 Å². The van der Waals surface area contributed by atoms with Gasteiger partial charge in [-0.25, -0.2) is 0 Å². The van der Waals surface area contributed by atoms with Crippen LogP contribution in [0.25, 0.3) is 54.3 Å². The summed E-state index contributed by atoms with van der Waals surface area (Å²) in [5.74, 6) is 1.94. The minimum absolute atomic E-state index is 0. The van der Waals surface area contributed by atoms with Crippen LogP contribution in [-0.4, -0.2) is 15.9 Å². The Morgan fingerprint density at radius 3 is 2.09 bits per heavy atom. The molecule has 0 fully saturated rings. The minimum Gasteiger partial charge on any atom is -0.512 e. The van der Waals surface area contributed by atoms with Gasteiger partial charge in [-0.15, -0.1) is 40.5 Å². The van der Waals surface area contributed by atoms with Gasteiger partial charge in [0.15, 0.2) is 5.78 Å². The zero-order valence-corrected chi connectivity index (χ0v) is 40.1. The van der Waals surface area contributed by atoms with E-state index in [0.29, 0.717) is 5.92 Å². The van der Waals surface area contributed by atoms with Crippen molar-refractivity contribution in [2.75, 3.05) is 0 Å². The predicted octanol–water partition coefficient (Wildman–Crippen LogP) is 15.4. The van der Waals surface area contributed by atoms with Gasteiger partial charge in [-0.05, 0) is 92.2 Å². The summed E-state index contributed by atoms with van der Waals surface area (Å²) < 4.78 is 6.28. The number of pyridine rings is 1. The number of hydrogen-bond donors (Lipinski definition) is 1. The van der Waals surface area contributed by atoms with E-state index in [2.05, 4.69) is 116 Å². The first-order chi connectivity index (χ1) is 26.3. The number of allylic oxidation sites excluding steroid dienone is 2. The van der Waals surface area contributed by atoms with Gasteiger partial charge in [0.2, 0.25) is 0 Å². The molecule has 6 heteroatoms. The first-order valence-electron chi connectivity index (χ1n) is 20.6. The van der Waals surface area contributed by atoms with Crippen molar-refractivity contribution in [1.82, 2.24) is 4.98 Å². The Morgan fingerprint density at radius 1 is 0.860 bits per heavy atom. The molecule has 0 saturated heterocycles. The van der Waals surface area contributed by atoms with Crippen LogP contribution in [-0.2, 0) is 36.7 Å². The Balaban J connectivity index is 0.000000341. The van der Waals surface area contributed by atoms with Crippen LogP contribution in [0.5, 0.6) is 0 Å². The molecular formula is C51H64IrNO3S-. The van der Waals surface area contributed by atoms with Crippen molar-refractivity contribution in [3.63, 3.8) is 0 Å². The molecule has 0 atom stereocenters. The number of aromatic nitrogens is 1. The quantitative estimate of drug-likeness (QED) is 0.0798. The summed E-state index contributed by atoms with van der Waals surface area (Å²) in [5.41, 5.74) is 8.70. The van der Waals surface area contributed by atoms with Crippen LogP contribution in [0.15, 0.2) is 70.8 Å². The number of aliphatic hydroxyl groups excluding tert-OH is 1. The molecule has 307 valence electrons. The van der Waals surface area contributed by atoms with Crippen molar-refractivity contribution in [3.05, 3.63) is 99.8 Å². The van der Waals surface area contributed by atoms with Gasteiger partial charge in [0.05, 0.1) is 0 Å². The minimum atomic E-state index is -0.337. The van der Waals surface area contributed by atoms with Crippen LogP contribution in [0.1, 0.15) is 129 Å². The monoisotopic (exact) mass is 963 g/mol. The molecule has 4 nitrogen and oxygen atoms in total. The van der Waals surface area contributed by atoms with Crippen molar-refractivity contribution in [3.8, 4) is 22.4 Å². The van der Waals surface area contributed by atoms with Crippen LogP contribution < -0.4 is 0 Å². The van der Waals surface area contributed by atoms with Gasteiger partial charge in [0.1, 0.15) is 21.9 Å². The van der Waals surface area contributed by atoms with Gasteiger partial charge >= 0.3 is 0 Å². The summed E-state index contributed by atoms with van der Waals surface area (Å²) >= 11 is 1.78. The molecule has 57 heavy (non-hydrogen) atoms. The van der Waals surface area contributed by atoms with E-state index in [1.807, 2.05) is 41.5 Å². The Hall–Kier alpha value is -3.57. The molecular weight excluding hydrogens is 899 g/mol. The van der Waals surface area contributed by atoms with E-state index in [9.17, 15) is 9.90 Å². The van der Waals surface area contributed by atoms with Crippen molar-refractivity contribution in [2.24, 2.45) is 16.7 Å². The molecule has 3 aromatic heterocycles. The maximum atomic E-state index is 12.2. The van der Waals surface area contributed by atoms with Crippen LogP contribution >= 0.6 is 11.3 Å². The van der Waals surface area contributed by atoms with Crippen molar-refractivity contribution in [1.29, 1.82) is 0 Å². The van der Waals surface area contributed by atoms with Gasteiger partial charge in [0.25, 0.3) is 0 Å². The number of hydrogen-bond acceptors (Lipinski definition) is 5. The second-order valence-corrected chi connectivity index (χ2v) is 19.0. The summed E-state index contributed by atoms with van der Waals surface area (Å²) in [7, 11) is 0. The Kier molecular flexibility index (Phi) is 14.7. The number of nitrogens with zero attached hydrogens (tertiary/aromatic N) is 1. The maximum Gasteiger partial charge on any atom is 0.164 e. The first-order valence-corrected chi connectivity index (χ1v) is 21.5. The van der Waals surface area contributed by atoms with Crippen LogP contribution in [0.4, 0.5) is 0 Å². The second-order valence-electron chi connectivity index (χ2n) is 17.8. The van der Waals surface area contributed by atoms with Crippen molar-refractivity contribution >= 4 is 49.1 Å². The number of thiophene rings is 1. The number of rotatable bonds is 11. The number of carbonyl (C=O) groups excluding carboxylic acids is 1. The summed E-state index contributed by atoms with van der Waals surface area (Å²) in [6.07, 6.45) is 5.71. The molecule has 0 unspecified atom stereocenters. The molecule has 0 bridgehead atoms. The standard InChI is InChI=1S/C36H36NOS.C15H28O2.Ir/c1-20(2)15-33-22(4)28-17-25(13-14-32(28)38-33)29-19-31(37-35-34(29)21(3)23(5)39-35)26-16-24-11-9-10-12-27(24)30(18-26)36(6,7)8;1-7-14(5,8-2)12(16)11-13(17)15(6,9-3)10-4;/h9-14,17-20H,15H2,1-8H3;11,16H,7-10H2,1-6H3;/q-1;;/b;12-11-;. The number of ketones is 1. The van der Waals surface area contributed by atoms with E-state index in [4.69, 9.17) is 9.40 Å². The van der Waals surface area contributed by atoms with Crippen molar-refractivity contribution < 1.29 is 34.4 Å². The number of benzene rings is 3. The van der Waals surface area contributed by atoms with Crippen molar-refractivity contribution in [2.45, 2.75) is 134 Å². The van der Waals surface area contributed by atoms with Gasteiger partial charge in [-0.3, -0.25) is 9.78 Å². The molecule has 0 aliphatic heterocycles. The molecule has 1 radical (unpaired) electrons. The van der Waals surface area contributed by atoms with Gasteiger partial charge < -0.3 is 9.52 Å². The number of furan rings is 1. The molecule has 3 heterocycles. The zero-order chi connectivity index (χ0) is 41.3. The van der Waals surface area contributed by atoms with E-state index in [0.717, 1.165) is 64.9 Å². The summed E-state index contributed by atoms with van der Waals surface area (Å²) in [4.78, 5) is 19.8. The molecule has 6 aromatic rings. The Morgan fingerprint density at radius 2 is 1.49 bits per heavy atom. The number of fused-ring (bicyclic) bond motifs is 3. The molecule has 6 rings (SSSR count). The van der Waals surface area contributed by atoms with Gasteiger partial charge in [-0.1, -0.05) is 117 Å². The summed E-state index contributed by atoms with van der Waals surface area (Å²) in [6.45, 7) is 30.0. The van der Waals surface area contributed by atoms with Crippen LogP contribution in [0, 0.1) is 43.6 Å². The maximum absolute atomic E-state index is 12.2. The third-order valence-electron chi connectivity index (χ3n) is 12.5. The average Bonchev–Trinajstić information content (AvgIpc) is 3.64. The Bertz CT molecular complexity index is 2400. The fraction of sp³-hybridized carbons (Fsp3) is 0.451. The normalized spacial score (nSPS) is 12.6. The molecule has 0 amide bonds. The largest absolute Gasteiger partial charge is 0.512 e. The topological polar surface area (TPSA) is 63.3 Å². The first kappa shape index (κ1) is 46.1. The fourth-order valence-electron chi connectivity index (χ4n) is 7.40. The Labute approximate surface area is 359 Å². The van der Waals surface area contributed by atoms with E-state index < -0.39 is 0 Å². The zero-order valence-electron chi connectivity index (χ0n) is 36.8. The number of aliphatic hydroxyl groups is 1. The molecule has 1 N–H and O–H groups in total. The summed E-state index contributed by atoms with van der Waals surface area (Å²) in [5, 5.41) is 15.0. The molecule has 3 aromatic carbocycles. The van der Waals surface area contributed by atoms with Crippen LogP contribution in [0.3, 0.4) is 0 Å². The van der Waals surface area contributed by atoms with Gasteiger partial charge in [0, 0.05) is 64.8 Å². The molecule has 0 spiro atoms. The molecule has 0 aliphatic carbocycles. The number of aryl methyl sites for hydroxylation is 3. The van der Waals surface area contributed by atoms with E-state index in [1.54, 1.807) is 11.3 Å². The number of carbonyl (C=O) groups is 1. The third-order valence-corrected chi connectivity index (χ3v) is 13.6. The second kappa shape index (κ2) is 18.1. The smallest absolute Gasteiger partial charge is 0.164 e. The molecule has 0 aliphatic rings. The third kappa shape index (κ3) is 9.51. The van der Waals surface area contributed by atoms with Gasteiger partial charge in [-0.2, -0.15) is 0 Å². The molecule has 0 saturated carbocycles.